The molecule has 0 saturated carbocycles. The molecular weight excluding hydrogens is 246 g/mol. The Hall–Kier alpha value is -1.06. The lowest BCUT2D eigenvalue weighted by Gasteiger charge is -2.21. The van der Waals surface area contributed by atoms with Gasteiger partial charge in [0, 0.05) is 17.8 Å². The quantitative estimate of drug-likeness (QED) is 0.594. The van der Waals surface area contributed by atoms with Crippen molar-refractivity contribution in [2.75, 3.05) is 25.9 Å². The van der Waals surface area contributed by atoms with Crippen molar-refractivity contribution in [3.8, 4) is 0 Å². The summed E-state index contributed by atoms with van der Waals surface area (Å²) in [6.45, 7) is 6.80. The van der Waals surface area contributed by atoms with E-state index in [2.05, 4.69) is 43.2 Å². The predicted molar refractivity (Wildman–Crippen MR) is 86.9 cm³/mol. The predicted octanol–water partition coefficient (Wildman–Crippen LogP) is 2.97. The summed E-state index contributed by atoms with van der Waals surface area (Å²) in [6, 6.07) is 7.54. The summed E-state index contributed by atoms with van der Waals surface area (Å²) in [6.07, 6.45) is 4.89. The van der Waals surface area contributed by atoms with Gasteiger partial charge in [-0.2, -0.15) is 0 Å². The highest BCUT2D eigenvalue weighted by Gasteiger charge is 2.21. The Morgan fingerprint density at radius 1 is 1.35 bits per heavy atom. The number of nitrogens with one attached hydrogen (secondary N) is 1. The van der Waals surface area contributed by atoms with Crippen molar-refractivity contribution in [2.45, 2.75) is 51.6 Å². The monoisotopic (exact) mass is 275 g/mol. The highest BCUT2D eigenvalue weighted by molar-refractivity contribution is 5.47. The largest absolute Gasteiger partial charge is 0.399 e. The summed E-state index contributed by atoms with van der Waals surface area (Å²) in [7, 11) is 2.20. The van der Waals surface area contributed by atoms with Crippen LogP contribution in [0.2, 0.25) is 0 Å². The van der Waals surface area contributed by atoms with Crippen LogP contribution in [-0.4, -0.2) is 31.1 Å². The van der Waals surface area contributed by atoms with E-state index >= 15 is 0 Å². The molecule has 1 aliphatic carbocycles. The minimum atomic E-state index is 0.536. The molecule has 1 aliphatic rings. The van der Waals surface area contributed by atoms with Crippen molar-refractivity contribution in [3.63, 3.8) is 0 Å². The Labute approximate surface area is 123 Å². The standard InChI is InChI=1S/C17H29N3/c1-13(2)20(3)11-5-4-10-19-17-9-6-14-12-15(18)7-8-16(14)17/h7-8,12-13,17,19H,4-6,9-11,18H2,1-3H3. The molecule has 0 aliphatic heterocycles. The minimum Gasteiger partial charge on any atom is -0.399 e. The van der Waals surface area contributed by atoms with Gasteiger partial charge in [0.15, 0.2) is 0 Å². The van der Waals surface area contributed by atoms with Crippen LogP contribution in [0.5, 0.6) is 0 Å². The van der Waals surface area contributed by atoms with Crippen molar-refractivity contribution in [1.29, 1.82) is 0 Å². The van der Waals surface area contributed by atoms with Crippen molar-refractivity contribution in [3.05, 3.63) is 29.3 Å². The summed E-state index contributed by atoms with van der Waals surface area (Å²) >= 11 is 0. The number of nitrogens with two attached hydrogens (primary N) is 1. The highest BCUT2D eigenvalue weighted by Crippen LogP contribution is 2.32. The Morgan fingerprint density at radius 3 is 2.90 bits per heavy atom. The Bertz CT molecular complexity index is 428. The molecule has 3 nitrogen and oxygen atoms in total. The van der Waals surface area contributed by atoms with E-state index in [0.29, 0.717) is 12.1 Å². The second kappa shape index (κ2) is 7.09. The maximum Gasteiger partial charge on any atom is 0.0326 e. The van der Waals surface area contributed by atoms with E-state index in [0.717, 1.165) is 18.7 Å². The molecule has 0 fully saturated rings. The van der Waals surface area contributed by atoms with Gasteiger partial charge in [0.05, 0.1) is 0 Å². The molecule has 1 aromatic rings. The molecule has 1 aromatic carbocycles. The molecule has 3 heteroatoms. The molecule has 2 rings (SSSR count). The van der Waals surface area contributed by atoms with Gasteiger partial charge in [0.1, 0.15) is 0 Å². The average molecular weight is 275 g/mol. The average Bonchev–Trinajstić information content (AvgIpc) is 2.80. The van der Waals surface area contributed by atoms with Gasteiger partial charge in [-0.25, -0.2) is 0 Å². The number of hydrogen-bond acceptors (Lipinski definition) is 3. The van der Waals surface area contributed by atoms with Crippen LogP contribution in [0.15, 0.2) is 18.2 Å². The lowest BCUT2D eigenvalue weighted by Crippen LogP contribution is -2.28. The molecule has 0 saturated heterocycles. The zero-order chi connectivity index (χ0) is 14.5. The molecule has 1 atom stereocenters. The fraction of sp³-hybridized carbons (Fsp3) is 0.647. The second-order valence-corrected chi connectivity index (χ2v) is 6.29. The van der Waals surface area contributed by atoms with Gasteiger partial charge in [-0.15, -0.1) is 0 Å². The van der Waals surface area contributed by atoms with Crippen LogP contribution in [0.3, 0.4) is 0 Å². The molecule has 1 unspecified atom stereocenters. The van der Waals surface area contributed by atoms with Crippen molar-refractivity contribution in [2.24, 2.45) is 0 Å². The van der Waals surface area contributed by atoms with Gasteiger partial charge in [0.2, 0.25) is 0 Å². The van der Waals surface area contributed by atoms with Crippen molar-refractivity contribution >= 4 is 5.69 Å². The van der Waals surface area contributed by atoms with Crippen molar-refractivity contribution < 1.29 is 0 Å². The second-order valence-electron chi connectivity index (χ2n) is 6.29. The summed E-state index contributed by atoms with van der Waals surface area (Å²) in [5.41, 5.74) is 9.62. The van der Waals surface area contributed by atoms with E-state index in [1.807, 2.05) is 6.07 Å². The summed E-state index contributed by atoms with van der Waals surface area (Å²) < 4.78 is 0. The summed E-state index contributed by atoms with van der Waals surface area (Å²) in [5.74, 6) is 0. The fourth-order valence-electron chi connectivity index (χ4n) is 2.87. The topological polar surface area (TPSA) is 41.3 Å². The van der Waals surface area contributed by atoms with E-state index in [1.165, 1.54) is 36.9 Å². The highest BCUT2D eigenvalue weighted by atomic mass is 15.1. The number of benzene rings is 1. The third-order valence-corrected chi connectivity index (χ3v) is 4.45. The van der Waals surface area contributed by atoms with E-state index in [4.69, 9.17) is 5.73 Å². The van der Waals surface area contributed by atoms with Gasteiger partial charge in [-0.05, 0) is 82.9 Å². The van der Waals surface area contributed by atoms with Gasteiger partial charge in [-0.3, -0.25) is 0 Å². The molecule has 20 heavy (non-hydrogen) atoms. The Balaban J connectivity index is 1.69. The maximum absolute atomic E-state index is 5.84. The number of nitrogens with zero attached hydrogens (tertiary/aromatic N) is 1. The van der Waals surface area contributed by atoms with Gasteiger partial charge < -0.3 is 16.0 Å². The molecule has 0 heterocycles. The first-order chi connectivity index (χ1) is 9.58. The third kappa shape index (κ3) is 3.97. The SMILES string of the molecule is CC(C)N(C)CCCCNC1CCc2cc(N)ccc21. The molecular formula is C17H29N3. The van der Waals surface area contributed by atoms with Crippen LogP contribution in [0, 0.1) is 0 Å². The molecule has 0 radical (unpaired) electrons. The van der Waals surface area contributed by atoms with Crippen LogP contribution in [0.4, 0.5) is 5.69 Å². The number of hydrogen-bond donors (Lipinski definition) is 2. The zero-order valence-electron chi connectivity index (χ0n) is 13.2. The number of rotatable bonds is 7. The van der Waals surface area contributed by atoms with Gasteiger partial charge in [0.25, 0.3) is 0 Å². The number of aryl methyl sites for hydroxylation is 1. The fourth-order valence-corrected chi connectivity index (χ4v) is 2.87. The number of unbranched alkanes of at least 4 members (excludes halogenated alkanes) is 1. The maximum atomic E-state index is 5.84. The summed E-state index contributed by atoms with van der Waals surface area (Å²) in [5, 5.41) is 3.70. The number of nitrogen functional groups attached to an aromatic ring is 1. The molecule has 0 bridgehead atoms. The van der Waals surface area contributed by atoms with Crippen LogP contribution >= 0.6 is 0 Å². The molecule has 0 amide bonds. The lowest BCUT2D eigenvalue weighted by molar-refractivity contribution is 0.267. The zero-order valence-corrected chi connectivity index (χ0v) is 13.2. The van der Waals surface area contributed by atoms with Crippen molar-refractivity contribution in [1.82, 2.24) is 10.2 Å². The van der Waals surface area contributed by atoms with E-state index in [1.54, 1.807) is 0 Å². The minimum absolute atomic E-state index is 0.536. The van der Waals surface area contributed by atoms with Crippen LogP contribution in [0.1, 0.15) is 50.3 Å². The molecule has 112 valence electrons. The Kier molecular flexibility index (Phi) is 5.44. The Morgan fingerprint density at radius 2 is 2.15 bits per heavy atom. The van der Waals surface area contributed by atoms with Crippen LogP contribution in [-0.2, 0) is 6.42 Å². The molecule has 3 N–H and O–H groups in total. The van der Waals surface area contributed by atoms with Crippen LogP contribution < -0.4 is 11.1 Å². The first kappa shape index (κ1) is 15.3. The van der Waals surface area contributed by atoms with E-state index in [9.17, 15) is 0 Å². The third-order valence-electron chi connectivity index (χ3n) is 4.45. The summed E-state index contributed by atoms with van der Waals surface area (Å²) in [4.78, 5) is 2.41. The van der Waals surface area contributed by atoms with E-state index in [-0.39, 0.29) is 0 Å². The molecule has 0 spiro atoms. The smallest absolute Gasteiger partial charge is 0.0326 e. The first-order valence-corrected chi connectivity index (χ1v) is 7.90. The van der Waals surface area contributed by atoms with Gasteiger partial charge in [-0.1, -0.05) is 6.07 Å². The molecule has 0 aromatic heterocycles. The van der Waals surface area contributed by atoms with Crippen LogP contribution in [0.25, 0.3) is 0 Å². The van der Waals surface area contributed by atoms with Gasteiger partial charge >= 0.3 is 0 Å². The number of anilines is 1. The number of fused-ring (bicyclic) bond motifs is 1. The lowest BCUT2D eigenvalue weighted by atomic mass is 10.1. The normalized spacial score (nSPS) is 17.9. The van der Waals surface area contributed by atoms with E-state index < -0.39 is 0 Å². The first-order valence-electron chi connectivity index (χ1n) is 7.90.